The van der Waals surface area contributed by atoms with Crippen molar-refractivity contribution < 1.29 is 9.90 Å². The van der Waals surface area contributed by atoms with Gasteiger partial charge in [0.2, 0.25) is 0 Å². The van der Waals surface area contributed by atoms with Crippen LogP contribution in [0.15, 0.2) is 78.2 Å². The summed E-state index contributed by atoms with van der Waals surface area (Å²) in [6.07, 6.45) is 0.0254. The molecule has 7 heterocycles. The predicted molar refractivity (Wildman–Crippen MR) is 185 cm³/mol. The molecule has 41 heavy (non-hydrogen) atoms. The highest BCUT2D eigenvalue weighted by atomic mass is 32.1. The molecule has 0 fully saturated rings. The van der Waals surface area contributed by atoms with Crippen LogP contribution in [0.5, 0.6) is 0 Å². The lowest BCUT2D eigenvalue weighted by molar-refractivity contribution is -0.136. The number of carboxylic acid groups (broad SMARTS) is 1. The molecule has 0 saturated carbocycles. The van der Waals surface area contributed by atoms with E-state index in [0.717, 1.165) is 20.2 Å². The molecule has 0 aliphatic rings. The number of rotatable bonds is 8. The highest BCUT2D eigenvalue weighted by molar-refractivity contribution is 7.31. The summed E-state index contributed by atoms with van der Waals surface area (Å²) in [6, 6.07) is 26.1. The summed E-state index contributed by atoms with van der Waals surface area (Å²) in [7, 11) is 0. The molecule has 0 atom stereocenters. The van der Waals surface area contributed by atoms with Gasteiger partial charge in [0, 0.05) is 63.4 Å². The molecule has 0 bridgehead atoms. The topological polar surface area (TPSA) is 37.3 Å². The molecule has 0 aliphatic heterocycles. The van der Waals surface area contributed by atoms with Crippen LogP contribution in [0.25, 0.3) is 58.5 Å². The minimum absolute atomic E-state index is 0.0254. The molecule has 0 amide bonds. The number of carbonyl (C=O) groups is 1. The summed E-state index contributed by atoms with van der Waals surface area (Å²) in [5.41, 5.74) is 2.19. The van der Waals surface area contributed by atoms with Crippen LogP contribution in [0.4, 0.5) is 0 Å². The van der Waals surface area contributed by atoms with Crippen LogP contribution < -0.4 is 0 Å². The summed E-state index contributed by atoms with van der Waals surface area (Å²) in [5.74, 6) is -0.801. The average molecular weight is 663 g/mol. The van der Waals surface area contributed by atoms with Crippen molar-refractivity contribution in [1.29, 1.82) is 0 Å². The lowest BCUT2D eigenvalue weighted by Gasteiger charge is -1.97. The van der Waals surface area contributed by atoms with Gasteiger partial charge in [0.1, 0.15) is 0 Å². The van der Waals surface area contributed by atoms with Crippen molar-refractivity contribution in [3.8, 4) is 58.5 Å². The van der Waals surface area contributed by atoms with Crippen LogP contribution in [-0.4, -0.2) is 11.1 Å². The molecule has 0 aromatic carbocycles. The van der Waals surface area contributed by atoms with Crippen molar-refractivity contribution in [2.75, 3.05) is 0 Å². The van der Waals surface area contributed by atoms with Gasteiger partial charge in [0.25, 0.3) is 0 Å². The van der Waals surface area contributed by atoms with Crippen molar-refractivity contribution >= 4 is 85.3 Å². The maximum absolute atomic E-state index is 11.7. The van der Waals surface area contributed by atoms with Gasteiger partial charge in [-0.3, -0.25) is 4.79 Å². The number of carboxylic acids is 1. The van der Waals surface area contributed by atoms with E-state index in [4.69, 9.17) is 0 Å². The molecule has 7 aromatic rings. The van der Waals surface area contributed by atoms with E-state index in [-0.39, 0.29) is 6.42 Å². The average Bonchev–Trinajstić information content (AvgIpc) is 3.76. The summed E-state index contributed by atoms with van der Waals surface area (Å²) in [4.78, 5) is 27.9. The summed E-state index contributed by atoms with van der Waals surface area (Å²) < 4.78 is 0. The summed E-state index contributed by atoms with van der Waals surface area (Å²) in [6.45, 7) is 4.36. The molecular formula is C32H22O2S7. The summed E-state index contributed by atoms with van der Waals surface area (Å²) in [5, 5.41) is 11.7. The molecule has 9 heteroatoms. The maximum Gasteiger partial charge on any atom is 0.307 e. The van der Waals surface area contributed by atoms with E-state index in [2.05, 4.69) is 92.0 Å². The normalized spacial score (nSPS) is 11.5. The van der Waals surface area contributed by atoms with Gasteiger partial charge in [-0.1, -0.05) is 6.07 Å². The van der Waals surface area contributed by atoms with E-state index in [1.165, 1.54) is 54.3 Å². The number of thiophene rings is 7. The van der Waals surface area contributed by atoms with Crippen molar-refractivity contribution in [3.05, 3.63) is 94.2 Å². The molecule has 7 rings (SSSR count). The third-order valence-electron chi connectivity index (χ3n) is 6.57. The molecular weight excluding hydrogens is 641 g/mol. The Kier molecular flexibility index (Phi) is 7.45. The fourth-order valence-corrected chi connectivity index (χ4v) is 12.3. The second kappa shape index (κ2) is 11.2. The second-order valence-electron chi connectivity index (χ2n) is 9.54. The first-order valence-corrected chi connectivity index (χ1v) is 18.6. The van der Waals surface area contributed by atoms with Crippen molar-refractivity contribution in [1.82, 2.24) is 0 Å². The largest absolute Gasteiger partial charge is 0.481 e. The smallest absolute Gasteiger partial charge is 0.307 e. The Bertz CT molecular complexity index is 1980. The molecule has 0 radical (unpaired) electrons. The van der Waals surface area contributed by atoms with Gasteiger partial charge in [0.15, 0.2) is 0 Å². The van der Waals surface area contributed by atoms with Gasteiger partial charge in [0.05, 0.1) is 6.42 Å². The Balaban J connectivity index is 1.18. The fourth-order valence-electron chi connectivity index (χ4n) is 4.67. The SMILES string of the molecule is Cc1ccc(-c2ccc(-c3sc(-c4ccc(-c5cc(CC(=O)O)c(-c6ccc(-c7cccs7)s6)s5)s4)cc3C)s2)s1. The van der Waals surface area contributed by atoms with E-state index in [9.17, 15) is 9.90 Å². The first-order valence-electron chi connectivity index (χ1n) is 12.8. The third kappa shape index (κ3) is 5.48. The zero-order chi connectivity index (χ0) is 28.1. The van der Waals surface area contributed by atoms with Crippen molar-refractivity contribution in [2.45, 2.75) is 20.3 Å². The third-order valence-corrected chi connectivity index (χ3v) is 15.3. The molecule has 0 saturated heterocycles. The highest BCUT2D eigenvalue weighted by Gasteiger charge is 2.19. The summed E-state index contributed by atoms with van der Waals surface area (Å²) >= 11 is 12.5. The van der Waals surface area contributed by atoms with Crippen molar-refractivity contribution in [3.63, 3.8) is 0 Å². The number of aryl methyl sites for hydroxylation is 2. The van der Waals surface area contributed by atoms with Crippen LogP contribution >= 0.6 is 79.4 Å². The van der Waals surface area contributed by atoms with E-state index in [1.807, 2.05) is 34.0 Å². The Morgan fingerprint density at radius 1 is 0.585 bits per heavy atom. The van der Waals surface area contributed by atoms with Gasteiger partial charge < -0.3 is 5.11 Å². The van der Waals surface area contributed by atoms with Crippen LogP contribution in [-0.2, 0) is 11.2 Å². The molecule has 2 nitrogen and oxygen atoms in total. The van der Waals surface area contributed by atoms with Gasteiger partial charge in [-0.2, -0.15) is 0 Å². The van der Waals surface area contributed by atoms with Gasteiger partial charge in [-0.15, -0.1) is 79.4 Å². The van der Waals surface area contributed by atoms with E-state index in [0.29, 0.717) is 0 Å². The van der Waals surface area contributed by atoms with Gasteiger partial charge >= 0.3 is 5.97 Å². The van der Waals surface area contributed by atoms with Crippen LogP contribution in [0.3, 0.4) is 0 Å². The van der Waals surface area contributed by atoms with Crippen LogP contribution in [0, 0.1) is 13.8 Å². The fraction of sp³-hybridized carbons (Fsp3) is 0.0938. The van der Waals surface area contributed by atoms with Crippen LogP contribution in [0.1, 0.15) is 16.0 Å². The van der Waals surface area contributed by atoms with E-state index < -0.39 is 5.97 Å². The zero-order valence-corrected chi connectivity index (χ0v) is 27.6. The quantitative estimate of drug-likeness (QED) is 0.176. The molecule has 1 N–H and O–H groups in total. The lowest BCUT2D eigenvalue weighted by Crippen LogP contribution is -1.99. The minimum atomic E-state index is -0.801. The predicted octanol–water partition coefficient (Wildman–Crippen LogP) is 12.4. The van der Waals surface area contributed by atoms with Crippen LogP contribution in [0.2, 0.25) is 0 Å². The van der Waals surface area contributed by atoms with Gasteiger partial charge in [-0.25, -0.2) is 0 Å². The van der Waals surface area contributed by atoms with Gasteiger partial charge in [-0.05, 0) is 97.1 Å². The van der Waals surface area contributed by atoms with Crippen molar-refractivity contribution in [2.24, 2.45) is 0 Å². The monoisotopic (exact) mass is 662 g/mol. The second-order valence-corrected chi connectivity index (χ2v) is 17.1. The Labute approximate surface area is 266 Å². The first-order chi connectivity index (χ1) is 19.9. The maximum atomic E-state index is 11.7. The highest BCUT2D eigenvalue weighted by Crippen LogP contribution is 2.48. The molecule has 0 unspecified atom stereocenters. The molecule has 0 spiro atoms. The number of aliphatic carboxylic acids is 1. The number of hydrogen-bond acceptors (Lipinski definition) is 8. The Morgan fingerprint density at radius 2 is 1.12 bits per heavy atom. The number of hydrogen-bond donors (Lipinski definition) is 1. The molecule has 7 aromatic heterocycles. The minimum Gasteiger partial charge on any atom is -0.481 e. The molecule has 204 valence electrons. The molecule has 0 aliphatic carbocycles. The first kappa shape index (κ1) is 27.2. The Morgan fingerprint density at radius 3 is 1.76 bits per heavy atom. The van der Waals surface area contributed by atoms with E-state index >= 15 is 0 Å². The zero-order valence-electron chi connectivity index (χ0n) is 21.9. The van der Waals surface area contributed by atoms with E-state index in [1.54, 1.807) is 45.3 Å². The lowest BCUT2D eigenvalue weighted by atomic mass is 10.1. The standard InChI is InChI=1S/C32H22O2S7/c1-17-14-28(40-31(17)26-11-10-23(39-26)22-6-5-18(2)36-22)24-7-8-25(37-24)29-15-19(16-30(33)34)32(41-29)27-12-9-21(38-27)20-4-3-13-35-20/h3-15H,16H2,1-2H3,(H,33,34). The Hall–Kier alpha value is -2.63.